The summed E-state index contributed by atoms with van der Waals surface area (Å²) in [4.78, 5) is 27.7. The van der Waals surface area contributed by atoms with Gasteiger partial charge in [0.05, 0.1) is 26.2 Å². The highest BCUT2D eigenvalue weighted by Gasteiger charge is 2.29. The monoisotopic (exact) mass is 381 g/mol. The molecular weight excluding hydrogens is 362 g/mol. The molecule has 1 unspecified atom stereocenters. The fourth-order valence-electron chi connectivity index (χ4n) is 2.88. The van der Waals surface area contributed by atoms with Crippen LogP contribution in [-0.2, 0) is 14.3 Å². The summed E-state index contributed by atoms with van der Waals surface area (Å²) in [5.74, 6) is -0.0270. The van der Waals surface area contributed by atoms with Crippen molar-refractivity contribution >= 4 is 27.7 Å². The van der Waals surface area contributed by atoms with Crippen molar-refractivity contribution in [2.45, 2.75) is 6.10 Å². The van der Waals surface area contributed by atoms with Gasteiger partial charge in [-0.1, -0.05) is 34.1 Å². The minimum absolute atomic E-state index is 0.0133. The van der Waals surface area contributed by atoms with Gasteiger partial charge in [0.15, 0.2) is 0 Å². The van der Waals surface area contributed by atoms with Gasteiger partial charge < -0.3 is 19.9 Å². The Morgan fingerprint density at radius 3 is 2.96 bits per heavy atom. The Kier molecular flexibility index (Phi) is 5.30. The third-order valence-corrected chi connectivity index (χ3v) is 4.91. The first-order valence-corrected chi connectivity index (χ1v) is 8.57. The van der Waals surface area contributed by atoms with Crippen molar-refractivity contribution in [2.75, 3.05) is 45.9 Å². The van der Waals surface area contributed by atoms with Crippen molar-refractivity contribution in [3.8, 4) is 0 Å². The molecule has 2 aliphatic heterocycles. The van der Waals surface area contributed by atoms with E-state index < -0.39 is 0 Å². The predicted octanol–water partition coefficient (Wildman–Crippen LogP) is 0.781. The van der Waals surface area contributed by atoms with Crippen molar-refractivity contribution in [1.29, 1.82) is 0 Å². The number of hydrogen-bond acceptors (Lipinski definition) is 4. The molecule has 6 nitrogen and oxygen atoms in total. The molecule has 23 heavy (non-hydrogen) atoms. The van der Waals surface area contributed by atoms with Crippen molar-refractivity contribution in [3.05, 3.63) is 34.3 Å². The van der Waals surface area contributed by atoms with E-state index in [0.29, 0.717) is 32.8 Å². The Morgan fingerprint density at radius 2 is 2.17 bits per heavy atom. The summed E-state index contributed by atoms with van der Waals surface area (Å²) in [5, 5.41) is 3.01. The lowest BCUT2D eigenvalue weighted by Gasteiger charge is -2.35. The standard InChI is InChI=1S/C16H20BrN3O3/c17-13-4-2-1-3-12(13)14-10-20(7-8-23-14)16(22)11-19-6-5-18-9-15(19)21/h1-4,14,18H,5-11H2. The number of carbonyl (C=O) groups excluding carboxylic acids is 2. The highest BCUT2D eigenvalue weighted by molar-refractivity contribution is 9.10. The normalized spacial score (nSPS) is 22.3. The summed E-state index contributed by atoms with van der Waals surface area (Å²) in [5.41, 5.74) is 1.04. The van der Waals surface area contributed by atoms with E-state index in [0.717, 1.165) is 16.6 Å². The largest absolute Gasteiger partial charge is 0.370 e. The Labute approximate surface area is 143 Å². The second-order valence-corrected chi connectivity index (χ2v) is 6.57. The van der Waals surface area contributed by atoms with Crippen LogP contribution in [-0.4, -0.2) is 67.5 Å². The first kappa shape index (κ1) is 16.4. The lowest BCUT2D eigenvalue weighted by Crippen LogP contribution is -2.53. The van der Waals surface area contributed by atoms with Crippen molar-refractivity contribution < 1.29 is 14.3 Å². The molecule has 2 saturated heterocycles. The van der Waals surface area contributed by atoms with Gasteiger partial charge in [-0.15, -0.1) is 0 Å². The van der Waals surface area contributed by atoms with Crippen LogP contribution in [0.2, 0.25) is 0 Å². The van der Waals surface area contributed by atoms with E-state index in [-0.39, 0.29) is 24.5 Å². The van der Waals surface area contributed by atoms with Crippen LogP contribution in [0, 0.1) is 0 Å². The second-order valence-electron chi connectivity index (χ2n) is 5.71. The van der Waals surface area contributed by atoms with Gasteiger partial charge in [-0.2, -0.15) is 0 Å². The summed E-state index contributed by atoms with van der Waals surface area (Å²) < 4.78 is 6.80. The number of benzene rings is 1. The lowest BCUT2D eigenvalue weighted by atomic mass is 10.1. The molecule has 0 bridgehead atoms. The maximum Gasteiger partial charge on any atom is 0.242 e. The van der Waals surface area contributed by atoms with E-state index in [1.807, 2.05) is 24.3 Å². The Bertz CT molecular complexity index is 596. The Hall–Kier alpha value is -1.44. The van der Waals surface area contributed by atoms with Crippen LogP contribution < -0.4 is 5.32 Å². The Morgan fingerprint density at radius 1 is 1.35 bits per heavy atom. The summed E-state index contributed by atoms with van der Waals surface area (Å²) in [6.07, 6.45) is -0.137. The summed E-state index contributed by atoms with van der Waals surface area (Å²) in [6, 6.07) is 7.89. The van der Waals surface area contributed by atoms with E-state index in [4.69, 9.17) is 4.74 Å². The molecule has 1 aromatic carbocycles. The van der Waals surface area contributed by atoms with Crippen LogP contribution in [0.3, 0.4) is 0 Å². The summed E-state index contributed by atoms with van der Waals surface area (Å²) in [7, 11) is 0. The van der Waals surface area contributed by atoms with Crippen LogP contribution >= 0.6 is 15.9 Å². The molecule has 2 fully saturated rings. The molecular formula is C16H20BrN3O3. The molecule has 2 amide bonds. The highest BCUT2D eigenvalue weighted by Crippen LogP contribution is 2.28. The molecule has 0 spiro atoms. The first-order valence-electron chi connectivity index (χ1n) is 7.77. The molecule has 1 N–H and O–H groups in total. The average Bonchev–Trinajstić information content (AvgIpc) is 2.57. The third-order valence-electron chi connectivity index (χ3n) is 4.18. The number of halogens is 1. The molecule has 2 heterocycles. The predicted molar refractivity (Wildman–Crippen MR) is 88.9 cm³/mol. The first-order chi connectivity index (χ1) is 11.1. The maximum atomic E-state index is 12.5. The van der Waals surface area contributed by atoms with E-state index in [1.165, 1.54) is 0 Å². The van der Waals surface area contributed by atoms with E-state index in [2.05, 4.69) is 21.2 Å². The van der Waals surface area contributed by atoms with E-state index >= 15 is 0 Å². The van der Waals surface area contributed by atoms with Gasteiger partial charge in [0.1, 0.15) is 6.10 Å². The molecule has 0 radical (unpaired) electrons. The minimum atomic E-state index is -0.137. The molecule has 0 aromatic heterocycles. The van der Waals surface area contributed by atoms with Gasteiger partial charge >= 0.3 is 0 Å². The van der Waals surface area contributed by atoms with Crippen LogP contribution in [0.1, 0.15) is 11.7 Å². The van der Waals surface area contributed by atoms with Crippen LogP contribution in [0.5, 0.6) is 0 Å². The molecule has 124 valence electrons. The number of nitrogens with zero attached hydrogens (tertiary/aromatic N) is 2. The second kappa shape index (κ2) is 7.42. The fraction of sp³-hybridized carbons (Fsp3) is 0.500. The lowest BCUT2D eigenvalue weighted by molar-refractivity contribution is -0.145. The number of amides is 2. The fourth-order valence-corrected chi connectivity index (χ4v) is 3.42. The van der Waals surface area contributed by atoms with Crippen LogP contribution in [0.4, 0.5) is 0 Å². The van der Waals surface area contributed by atoms with Gasteiger partial charge in [-0.25, -0.2) is 0 Å². The topological polar surface area (TPSA) is 61.9 Å². The van der Waals surface area contributed by atoms with Crippen molar-refractivity contribution in [3.63, 3.8) is 0 Å². The SMILES string of the molecule is O=C1CNCCN1CC(=O)N1CCOC(c2ccccc2Br)C1. The summed E-state index contributed by atoms with van der Waals surface area (Å²) in [6.45, 7) is 3.39. The van der Waals surface area contributed by atoms with E-state index in [1.54, 1.807) is 9.80 Å². The highest BCUT2D eigenvalue weighted by atomic mass is 79.9. The number of carbonyl (C=O) groups is 2. The van der Waals surface area contributed by atoms with Crippen LogP contribution in [0.15, 0.2) is 28.7 Å². The summed E-state index contributed by atoms with van der Waals surface area (Å²) >= 11 is 3.53. The number of rotatable bonds is 3. The number of morpholine rings is 1. The molecule has 0 saturated carbocycles. The van der Waals surface area contributed by atoms with Gasteiger partial charge in [0.25, 0.3) is 0 Å². The van der Waals surface area contributed by atoms with Gasteiger partial charge in [-0.3, -0.25) is 9.59 Å². The maximum absolute atomic E-state index is 12.5. The van der Waals surface area contributed by atoms with Crippen molar-refractivity contribution in [2.24, 2.45) is 0 Å². The zero-order valence-electron chi connectivity index (χ0n) is 12.8. The van der Waals surface area contributed by atoms with E-state index in [9.17, 15) is 9.59 Å². The zero-order valence-corrected chi connectivity index (χ0v) is 14.4. The number of piperazine rings is 1. The minimum Gasteiger partial charge on any atom is -0.370 e. The quantitative estimate of drug-likeness (QED) is 0.840. The third kappa shape index (κ3) is 3.91. The number of ether oxygens (including phenoxy) is 1. The smallest absolute Gasteiger partial charge is 0.242 e. The van der Waals surface area contributed by atoms with Gasteiger partial charge in [0, 0.05) is 24.1 Å². The number of nitrogens with one attached hydrogen (secondary N) is 1. The van der Waals surface area contributed by atoms with Crippen molar-refractivity contribution in [1.82, 2.24) is 15.1 Å². The molecule has 7 heteroatoms. The molecule has 2 aliphatic rings. The molecule has 0 aliphatic carbocycles. The molecule has 1 aromatic rings. The Balaban J connectivity index is 1.63. The molecule has 1 atom stereocenters. The van der Waals surface area contributed by atoms with Crippen LogP contribution in [0.25, 0.3) is 0 Å². The number of hydrogen-bond donors (Lipinski definition) is 1. The average molecular weight is 382 g/mol. The zero-order chi connectivity index (χ0) is 16.2. The van der Waals surface area contributed by atoms with Gasteiger partial charge in [-0.05, 0) is 11.6 Å². The molecule has 3 rings (SSSR count). The van der Waals surface area contributed by atoms with Gasteiger partial charge in [0.2, 0.25) is 11.8 Å².